The minimum absolute atomic E-state index is 0.0506. The molecule has 4 nitrogen and oxygen atoms in total. The van der Waals surface area contributed by atoms with Gasteiger partial charge in [-0.1, -0.05) is 41.5 Å². The fourth-order valence-corrected chi connectivity index (χ4v) is 2.23. The lowest BCUT2D eigenvalue weighted by molar-refractivity contribution is 0.142. The number of nitrogens with zero attached hydrogens (tertiary/aromatic N) is 1. The molecule has 19 heavy (non-hydrogen) atoms. The molecule has 0 saturated carbocycles. The highest BCUT2D eigenvalue weighted by Crippen LogP contribution is 2.36. The first kappa shape index (κ1) is 15.7. The van der Waals surface area contributed by atoms with E-state index in [0.29, 0.717) is 6.54 Å². The van der Waals surface area contributed by atoms with E-state index >= 15 is 0 Å². The smallest absolute Gasteiger partial charge is 0.314 e. The topological polar surface area (TPSA) is 54.9 Å². The van der Waals surface area contributed by atoms with Gasteiger partial charge in [0.2, 0.25) is 0 Å². The van der Waals surface area contributed by atoms with Crippen LogP contribution in [0.4, 0.5) is 0 Å². The molecule has 0 aromatic carbocycles. The minimum Gasteiger partial charge on any atom is -0.314 e. The van der Waals surface area contributed by atoms with E-state index in [0.717, 1.165) is 6.42 Å². The van der Waals surface area contributed by atoms with Crippen molar-refractivity contribution in [3.05, 3.63) is 33.1 Å². The highest BCUT2D eigenvalue weighted by Gasteiger charge is 2.29. The average Bonchev–Trinajstić information content (AvgIpc) is 2.18. The molecule has 1 heterocycles. The third-order valence-electron chi connectivity index (χ3n) is 3.43. The lowest BCUT2D eigenvalue weighted by Gasteiger charge is -2.35. The molecule has 0 fully saturated rings. The molecular formula is C15H26N2O2. The zero-order valence-corrected chi connectivity index (χ0v) is 12.9. The molecule has 0 bridgehead atoms. The average molecular weight is 266 g/mol. The van der Waals surface area contributed by atoms with Gasteiger partial charge in [0.1, 0.15) is 0 Å². The van der Waals surface area contributed by atoms with Gasteiger partial charge >= 0.3 is 5.69 Å². The highest BCUT2D eigenvalue weighted by molar-refractivity contribution is 4.86. The Bertz CT molecular complexity index is 498. The Balaban J connectivity index is 3.09. The van der Waals surface area contributed by atoms with Gasteiger partial charge in [-0.05, 0) is 23.2 Å². The van der Waals surface area contributed by atoms with Crippen LogP contribution >= 0.6 is 0 Å². The number of aromatic nitrogens is 2. The number of rotatable bonds is 3. The van der Waals surface area contributed by atoms with Crippen LogP contribution in [0.15, 0.2) is 21.9 Å². The van der Waals surface area contributed by atoms with Gasteiger partial charge in [-0.15, -0.1) is 0 Å². The quantitative estimate of drug-likeness (QED) is 0.914. The van der Waals surface area contributed by atoms with Crippen LogP contribution in [-0.4, -0.2) is 9.55 Å². The standard InChI is InChI=1S/C15H26N2O2/c1-14(2,3)9-11(15(4,5)6)10-17-12(18)7-8-16-13(17)19/h7-8,11H,9-10H2,1-6H3,(H,16,19)/t11-/m1/s1. The Morgan fingerprint density at radius 1 is 1.16 bits per heavy atom. The van der Waals surface area contributed by atoms with Crippen LogP contribution in [0.2, 0.25) is 0 Å². The lowest BCUT2D eigenvalue weighted by Crippen LogP contribution is -2.40. The van der Waals surface area contributed by atoms with Gasteiger partial charge in [-0.25, -0.2) is 4.79 Å². The van der Waals surface area contributed by atoms with Crippen molar-refractivity contribution in [2.45, 2.75) is 54.5 Å². The number of hydrogen-bond acceptors (Lipinski definition) is 2. The molecule has 0 spiro atoms. The molecule has 0 aliphatic carbocycles. The summed E-state index contributed by atoms with van der Waals surface area (Å²) in [6, 6.07) is 1.40. The Morgan fingerprint density at radius 2 is 1.74 bits per heavy atom. The van der Waals surface area contributed by atoms with Crippen molar-refractivity contribution < 1.29 is 0 Å². The second-order valence-electron chi connectivity index (χ2n) is 7.56. The Kier molecular flexibility index (Phi) is 4.43. The summed E-state index contributed by atoms with van der Waals surface area (Å²) < 4.78 is 1.31. The largest absolute Gasteiger partial charge is 0.328 e. The molecule has 108 valence electrons. The normalized spacial score (nSPS) is 14.4. The van der Waals surface area contributed by atoms with E-state index < -0.39 is 0 Å². The van der Waals surface area contributed by atoms with Crippen LogP contribution in [0.5, 0.6) is 0 Å². The monoisotopic (exact) mass is 266 g/mol. The van der Waals surface area contributed by atoms with Gasteiger partial charge < -0.3 is 4.98 Å². The van der Waals surface area contributed by atoms with Gasteiger partial charge in [-0.2, -0.15) is 0 Å². The summed E-state index contributed by atoms with van der Waals surface area (Å²) in [5.41, 5.74) is -0.333. The zero-order valence-electron chi connectivity index (χ0n) is 12.9. The fraction of sp³-hybridized carbons (Fsp3) is 0.733. The zero-order chi connectivity index (χ0) is 14.8. The maximum absolute atomic E-state index is 11.8. The van der Waals surface area contributed by atoms with Crippen LogP contribution < -0.4 is 11.2 Å². The number of nitrogens with one attached hydrogen (secondary N) is 1. The van der Waals surface area contributed by atoms with Gasteiger partial charge in [0.15, 0.2) is 0 Å². The van der Waals surface area contributed by atoms with Crippen LogP contribution in [-0.2, 0) is 6.54 Å². The molecular weight excluding hydrogens is 240 g/mol. The summed E-state index contributed by atoms with van der Waals surface area (Å²) in [5.74, 6) is 0.272. The molecule has 1 rings (SSSR count). The molecule has 0 amide bonds. The van der Waals surface area contributed by atoms with Crippen LogP contribution in [0.25, 0.3) is 0 Å². The molecule has 1 aromatic heterocycles. The van der Waals surface area contributed by atoms with Crippen molar-refractivity contribution in [2.75, 3.05) is 0 Å². The second-order valence-corrected chi connectivity index (χ2v) is 7.56. The summed E-state index contributed by atoms with van der Waals surface area (Å²) in [4.78, 5) is 26.2. The van der Waals surface area contributed by atoms with E-state index in [1.165, 1.54) is 16.8 Å². The fourth-order valence-electron chi connectivity index (χ4n) is 2.23. The van der Waals surface area contributed by atoms with Crippen molar-refractivity contribution in [1.29, 1.82) is 0 Å². The summed E-state index contributed by atoms with van der Waals surface area (Å²) >= 11 is 0. The van der Waals surface area contributed by atoms with E-state index in [4.69, 9.17) is 0 Å². The van der Waals surface area contributed by atoms with Crippen LogP contribution in [0, 0.1) is 16.7 Å². The van der Waals surface area contributed by atoms with E-state index in [-0.39, 0.29) is 28.0 Å². The van der Waals surface area contributed by atoms with E-state index in [1.807, 2.05) is 0 Å². The van der Waals surface area contributed by atoms with Crippen molar-refractivity contribution in [3.8, 4) is 0 Å². The third-order valence-corrected chi connectivity index (χ3v) is 3.43. The van der Waals surface area contributed by atoms with E-state index in [9.17, 15) is 9.59 Å². The summed E-state index contributed by atoms with van der Waals surface area (Å²) in [6.07, 6.45) is 2.37. The van der Waals surface area contributed by atoms with Crippen molar-refractivity contribution in [2.24, 2.45) is 16.7 Å². The van der Waals surface area contributed by atoms with Crippen molar-refractivity contribution in [1.82, 2.24) is 9.55 Å². The first-order valence-corrected chi connectivity index (χ1v) is 6.79. The number of aromatic amines is 1. The Morgan fingerprint density at radius 3 is 2.16 bits per heavy atom. The molecule has 0 unspecified atom stereocenters. The van der Waals surface area contributed by atoms with Gasteiger partial charge in [0.05, 0.1) is 0 Å². The van der Waals surface area contributed by atoms with Gasteiger partial charge in [0.25, 0.3) is 5.56 Å². The predicted octanol–water partition coefficient (Wildman–Crippen LogP) is 2.64. The van der Waals surface area contributed by atoms with Crippen LogP contribution in [0.1, 0.15) is 48.0 Å². The van der Waals surface area contributed by atoms with Gasteiger partial charge in [0, 0.05) is 18.8 Å². The summed E-state index contributed by atoms with van der Waals surface area (Å²) in [6.45, 7) is 13.5. The third kappa shape index (κ3) is 4.69. The number of hydrogen-bond donors (Lipinski definition) is 1. The van der Waals surface area contributed by atoms with Gasteiger partial charge in [-0.3, -0.25) is 9.36 Å². The van der Waals surface area contributed by atoms with Crippen molar-refractivity contribution >= 4 is 0 Å². The highest BCUT2D eigenvalue weighted by atomic mass is 16.2. The molecule has 1 atom stereocenters. The Labute approximate surface area is 114 Å². The Hall–Kier alpha value is -1.32. The first-order valence-electron chi connectivity index (χ1n) is 6.79. The molecule has 0 aliphatic rings. The SMILES string of the molecule is CC(C)(C)C[C@H](Cn1c(=O)cc[nH]c1=O)C(C)(C)C. The van der Waals surface area contributed by atoms with Crippen molar-refractivity contribution in [3.63, 3.8) is 0 Å². The summed E-state index contributed by atoms with van der Waals surface area (Å²) in [7, 11) is 0. The van der Waals surface area contributed by atoms with Crippen LogP contribution in [0.3, 0.4) is 0 Å². The maximum atomic E-state index is 11.8. The molecule has 1 aromatic rings. The first-order chi connectivity index (χ1) is 8.50. The predicted molar refractivity (Wildman–Crippen MR) is 78.3 cm³/mol. The van der Waals surface area contributed by atoms with E-state index in [1.54, 1.807) is 0 Å². The second kappa shape index (κ2) is 5.35. The molecule has 1 N–H and O–H groups in total. The summed E-state index contributed by atoms with van der Waals surface area (Å²) in [5, 5.41) is 0. The minimum atomic E-state index is -0.323. The lowest BCUT2D eigenvalue weighted by atomic mass is 9.72. The molecule has 0 aliphatic heterocycles. The molecule has 0 saturated heterocycles. The van der Waals surface area contributed by atoms with E-state index in [2.05, 4.69) is 46.5 Å². The molecule has 4 heteroatoms. The maximum Gasteiger partial charge on any atom is 0.328 e. The molecule has 0 radical (unpaired) electrons. The number of H-pyrrole nitrogens is 1.